The Balaban J connectivity index is 1.92. The number of nitrogens with two attached hydrogens (primary N) is 1. The van der Waals surface area contributed by atoms with Crippen LogP contribution in [-0.2, 0) is 11.2 Å². The second-order valence-electron chi connectivity index (χ2n) is 5.25. The number of hydrogen-bond acceptors (Lipinski definition) is 2. The number of carbonyl (C=O) groups excluding carboxylic acids is 1. The molecule has 1 fully saturated rings. The van der Waals surface area contributed by atoms with E-state index in [0.717, 1.165) is 17.7 Å². The minimum absolute atomic E-state index is 0.0424. The Labute approximate surface area is 129 Å². The zero-order valence-corrected chi connectivity index (χ0v) is 12.5. The molecule has 108 valence electrons. The number of nitrogens with zero attached hydrogens (tertiary/aromatic N) is 1. The average Bonchev–Trinajstić information content (AvgIpc) is 2.53. The molecule has 0 unspecified atom stereocenters. The molecule has 3 nitrogen and oxygen atoms in total. The molecule has 2 N–H and O–H groups in total. The zero-order chi connectivity index (χ0) is 15.0. The first-order valence-corrected chi connectivity index (χ1v) is 7.42. The Hall–Kier alpha value is -1.84. The number of β-lactam (4-membered cyclic amide) rings is 1. The second-order valence-corrected chi connectivity index (χ2v) is 5.69. The van der Waals surface area contributed by atoms with Crippen molar-refractivity contribution in [3.8, 4) is 0 Å². The van der Waals surface area contributed by atoms with E-state index in [1.54, 1.807) is 4.90 Å². The van der Waals surface area contributed by atoms with Crippen LogP contribution in [0.25, 0.3) is 0 Å². The predicted molar refractivity (Wildman–Crippen MR) is 85.5 cm³/mol. The molecule has 1 saturated heterocycles. The minimum atomic E-state index is -0.489. The van der Waals surface area contributed by atoms with Gasteiger partial charge in [0.15, 0.2) is 0 Å². The quantitative estimate of drug-likeness (QED) is 0.884. The van der Waals surface area contributed by atoms with Crippen LogP contribution in [0.15, 0.2) is 48.5 Å². The minimum Gasteiger partial charge on any atom is -0.318 e. The van der Waals surface area contributed by atoms with Gasteiger partial charge in [-0.3, -0.25) is 4.79 Å². The lowest BCUT2D eigenvalue weighted by Gasteiger charge is -2.45. The van der Waals surface area contributed by atoms with E-state index in [0.29, 0.717) is 5.02 Å². The molecule has 2 aromatic rings. The van der Waals surface area contributed by atoms with E-state index in [4.69, 9.17) is 17.3 Å². The van der Waals surface area contributed by atoms with E-state index in [1.165, 1.54) is 5.56 Å². The van der Waals surface area contributed by atoms with Crippen LogP contribution in [0.2, 0.25) is 5.02 Å². The molecular formula is C17H17ClN2O. The van der Waals surface area contributed by atoms with Crippen LogP contribution in [-0.4, -0.2) is 11.9 Å². The summed E-state index contributed by atoms with van der Waals surface area (Å²) < 4.78 is 0. The first-order valence-electron chi connectivity index (χ1n) is 7.05. The van der Waals surface area contributed by atoms with Crippen LogP contribution in [0.1, 0.15) is 24.1 Å². The summed E-state index contributed by atoms with van der Waals surface area (Å²) in [5.41, 5.74) is 9.14. The molecular weight excluding hydrogens is 284 g/mol. The van der Waals surface area contributed by atoms with Crippen LogP contribution >= 0.6 is 11.6 Å². The first-order chi connectivity index (χ1) is 10.1. The summed E-state index contributed by atoms with van der Waals surface area (Å²) >= 11 is 5.92. The summed E-state index contributed by atoms with van der Waals surface area (Å²) in [5.74, 6) is -0.0424. The lowest BCUT2D eigenvalue weighted by atomic mass is 9.88. The second kappa shape index (κ2) is 5.51. The van der Waals surface area contributed by atoms with Crippen LogP contribution in [0.5, 0.6) is 0 Å². The number of benzene rings is 2. The lowest BCUT2D eigenvalue weighted by Crippen LogP contribution is -2.63. The van der Waals surface area contributed by atoms with Crippen LogP contribution in [0.4, 0.5) is 5.69 Å². The third kappa shape index (κ3) is 2.43. The van der Waals surface area contributed by atoms with Crippen molar-refractivity contribution >= 4 is 23.2 Å². The molecule has 21 heavy (non-hydrogen) atoms. The van der Waals surface area contributed by atoms with Crippen molar-refractivity contribution in [2.24, 2.45) is 5.73 Å². The Morgan fingerprint density at radius 3 is 2.29 bits per heavy atom. The molecule has 0 saturated carbocycles. The van der Waals surface area contributed by atoms with Gasteiger partial charge in [-0.05, 0) is 41.8 Å². The molecule has 3 rings (SSSR count). The molecule has 0 radical (unpaired) electrons. The fraction of sp³-hybridized carbons (Fsp3) is 0.235. The maximum atomic E-state index is 12.1. The van der Waals surface area contributed by atoms with Crippen LogP contribution in [0.3, 0.4) is 0 Å². The molecule has 1 amide bonds. The summed E-state index contributed by atoms with van der Waals surface area (Å²) in [4.78, 5) is 13.9. The van der Waals surface area contributed by atoms with Gasteiger partial charge in [0, 0.05) is 10.7 Å². The van der Waals surface area contributed by atoms with Gasteiger partial charge in [0.05, 0.1) is 6.04 Å². The van der Waals surface area contributed by atoms with Gasteiger partial charge in [0.25, 0.3) is 0 Å². The highest BCUT2D eigenvalue weighted by Gasteiger charge is 2.46. The van der Waals surface area contributed by atoms with E-state index in [-0.39, 0.29) is 11.9 Å². The van der Waals surface area contributed by atoms with Crippen molar-refractivity contribution in [2.45, 2.75) is 25.4 Å². The van der Waals surface area contributed by atoms with E-state index in [1.807, 2.05) is 48.5 Å². The molecule has 1 heterocycles. The maximum Gasteiger partial charge on any atom is 0.247 e. The topological polar surface area (TPSA) is 46.3 Å². The largest absolute Gasteiger partial charge is 0.318 e. The van der Waals surface area contributed by atoms with Gasteiger partial charge in [-0.25, -0.2) is 0 Å². The normalized spacial score (nSPS) is 21.3. The van der Waals surface area contributed by atoms with E-state index in [9.17, 15) is 4.79 Å². The molecule has 1 aliphatic rings. The van der Waals surface area contributed by atoms with Gasteiger partial charge in [0.2, 0.25) is 5.91 Å². The van der Waals surface area contributed by atoms with Gasteiger partial charge < -0.3 is 10.6 Å². The summed E-state index contributed by atoms with van der Waals surface area (Å²) in [6.45, 7) is 2.11. The zero-order valence-electron chi connectivity index (χ0n) is 11.8. The summed E-state index contributed by atoms with van der Waals surface area (Å²) in [6, 6.07) is 14.9. The van der Waals surface area contributed by atoms with Crippen molar-refractivity contribution in [3.05, 3.63) is 64.7 Å². The summed E-state index contributed by atoms with van der Waals surface area (Å²) in [7, 11) is 0. The number of hydrogen-bond donors (Lipinski definition) is 1. The molecule has 0 spiro atoms. The number of anilines is 1. The van der Waals surface area contributed by atoms with Gasteiger partial charge in [0.1, 0.15) is 6.04 Å². The third-order valence-corrected chi connectivity index (χ3v) is 4.23. The van der Waals surface area contributed by atoms with Crippen LogP contribution in [0, 0.1) is 0 Å². The van der Waals surface area contributed by atoms with Crippen molar-refractivity contribution in [1.82, 2.24) is 0 Å². The van der Waals surface area contributed by atoms with Gasteiger partial charge in [-0.1, -0.05) is 42.8 Å². The standard InChI is InChI=1S/C17H17ClN2O/c1-2-11-3-9-14(10-4-11)20-16(15(19)17(20)21)12-5-7-13(18)8-6-12/h3-10,15-16H,2,19H2,1H3/t15-,16-/m0/s1. The number of rotatable bonds is 3. The molecule has 4 heteroatoms. The van der Waals surface area contributed by atoms with Crippen molar-refractivity contribution in [3.63, 3.8) is 0 Å². The fourth-order valence-corrected chi connectivity index (χ4v) is 2.83. The van der Waals surface area contributed by atoms with Crippen LogP contribution < -0.4 is 10.6 Å². The Morgan fingerprint density at radius 1 is 1.10 bits per heavy atom. The molecule has 2 atom stereocenters. The molecule has 0 aromatic heterocycles. The van der Waals surface area contributed by atoms with E-state index >= 15 is 0 Å². The highest BCUT2D eigenvalue weighted by atomic mass is 35.5. The maximum absolute atomic E-state index is 12.1. The number of halogens is 1. The Bertz CT molecular complexity index is 651. The first kappa shape index (κ1) is 14.1. The number of aryl methyl sites for hydroxylation is 1. The third-order valence-electron chi connectivity index (χ3n) is 3.98. The fourth-order valence-electron chi connectivity index (χ4n) is 2.71. The van der Waals surface area contributed by atoms with E-state index in [2.05, 4.69) is 6.92 Å². The molecule has 1 aliphatic heterocycles. The Kier molecular flexibility index (Phi) is 3.70. The SMILES string of the molecule is CCc1ccc(N2C(=O)[C@@H](N)[C@@H]2c2ccc(Cl)cc2)cc1. The number of amides is 1. The summed E-state index contributed by atoms with van der Waals surface area (Å²) in [6.07, 6.45) is 0.981. The van der Waals surface area contributed by atoms with E-state index < -0.39 is 6.04 Å². The van der Waals surface area contributed by atoms with Crippen molar-refractivity contribution in [2.75, 3.05) is 4.90 Å². The average molecular weight is 301 g/mol. The van der Waals surface area contributed by atoms with Crippen molar-refractivity contribution < 1.29 is 4.79 Å². The highest BCUT2D eigenvalue weighted by Crippen LogP contribution is 2.38. The van der Waals surface area contributed by atoms with Gasteiger partial charge in [-0.2, -0.15) is 0 Å². The number of carbonyl (C=O) groups is 1. The Morgan fingerprint density at radius 2 is 1.71 bits per heavy atom. The smallest absolute Gasteiger partial charge is 0.247 e. The monoisotopic (exact) mass is 300 g/mol. The summed E-state index contributed by atoms with van der Waals surface area (Å²) in [5, 5.41) is 0.678. The molecule has 0 aliphatic carbocycles. The lowest BCUT2D eigenvalue weighted by molar-refractivity contribution is -0.126. The van der Waals surface area contributed by atoms with Crippen molar-refractivity contribution in [1.29, 1.82) is 0 Å². The molecule has 2 aromatic carbocycles. The predicted octanol–water partition coefficient (Wildman–Crippen LogP) is 3.32. The van der Waals surface area contributed by atoms with Gasteiger partial charge in [-0.15, -0.1) is 0 Å². The molecule has 0 bridgehead atoms. The van der Waals surface area contributed by atoms with Gasteiger partial charge >= 0.3 is 0 Å². The highest BCUT2D eigenvalue weighted by molar-refractivity contribution is 6.30.